The quantitative estimate of drug-likeness (QED) is 0.802. The first-order chi connectivity index (χ1) is 10.1. The van der Waals surface area contributed by atoms with Crippen LogP contribution in [0.3, 0.4) is 0 Å². The second-order valence-electron chi connectivity index (χ2n) is 6.54. The Kier molecular flexibility index (Phi) is 3.83. The van der Waals surface area contributed by atoms with E-state index in [0.29, 0.717) is 11.5 Å². The van der Waals surface area contributed by atoms with Gasteiger partial charge in [0.15, 0.2) is 5.78 Å². The van der Waals surface area contributed by atoms with Crippen molar-refractivity contribution >= 4 is 11.8 Å². The summed E-state index contributed by atoms with van der Waals surface area (Å²) in [6.07, 6.45) is 9.09. The molecular weight excluding hydrogens is 264 g/mol. The summed E-state index contributed by atoms with van der Waals surface area (Å²) < 4.78 is 0. The maximum Gasteiger partial charge on any atom is 0.169 e. The number of carboxylic acid groups (broad SMARTS) is 1. The zero-order chi connectivity index (χ0) is 14.9. The van der Waals surface area contributed by atoms with Crippen molar-refractivity contribution in [2.24, 2.45) is 11.3 Å². The molecule has 0 radical (unpaired) electrons. The molecule has 2 saturated carbocycles. The Labute approximate surface area is 125 Å². The van der Waals surface area contributed by atoms with Crippen molar-refractivity contribution in [3.05, 3.63) is 35.4 Å². The Balaban J connectivity index is 1.89. The van der Waals surface area contributed by atoms with Gasteiger partial charge >= 0.3 is 0 Å². The summed E-state index contributed by atoms with van der Waals surface area (Å²) in [7, 11) is 0. The highest BCUT2D eigenvalue weighted by Gasteiger charge is 2.47. The molecule has 0 bridgehead atoms. The van der Waals surface area contributed by atoms with E-state index in [9.17, 15) is 14.7 Å². The van der Waals surface area contributed by atoms with Crippen molar-refractivity contribution in [3.8, 4) is 0 Å². The second-order valence-corrected chi connectivity index (χ2v) is 6.54. The predicted molar refractivity (Wildman–Crippen MR) is 78.0 cm³/mol. The number of fused-ring (bicyclic) bond motifs is 1. The van der Waals surface area contributed by atoms with Crippen LogP contribution in [0.15, 0.2) is 24.3 Å². The number of hydrogen-bond donors (Lipinski definition) is 0. The first kappa shape index (κ1) is 14.3. The molecule has 0 spiro atoms. The number of carbonyl (C=O) groups is 2. The van der Waals surface area contributed by atoms with Gasteiger partial charge in [-0.05, 0) is 37.2 Å². The van der Waals surface area contributed by atoms with E-state index in [4.69, 9.17) is 0 Å². The van der Waals surface area contributed by atoms with Crippen LogP contribution in [0.25, 0.3) is 0 Å². The second kappa shape index (κ2) is 5.63. The molecule has 1 aromatic carbocycles. The van der Waals surface area contributed by atoms with Crippen LogP contribution in [0.1, 0.15) is 72.1 Å². The van der Waals surface area contributed by atoms with Gasteiger partial charge in [-0.15, -0.1) is 0 Å². The summed E-state index contributed by atoms with van der Waals surface area (Å²) in [5, 5.41) is 10.8. The SMILES string of the molecule is O=C([O-])c1ccc(C(=O)C23CCCCC2CCCC3)cc1. The van der Waals surface area contributed by atoms with Crippen molar-refractivity contribution in [2.45, 2.75) is 51.4 Å². The minimum absolute atomic E-state index is 0.132. The molecule has 0 aromatic heterocycles. The van der Waals surface area contributed by atoms with Crippen molar-refractivity contribution < 1.29 is 14.7 Å². The fourth-order valence-corrected chi connectivity index (χ4v) is 4.35. The van der Waals surface area contributed by atoms with Gasteiger partial charge in [0.05, 0.1) is 5.97 Å². The molecule has 0 atom stereocenters. The van der Waals surface area contributed by atoms with E-state index in [1.807, 2.05) is 0 Å². The van der Waals surface area contributed by atoms with Gasteiger partial charge in [-0.25, -0.2) is 0 Å². The number of Topliss-reactive ketones (excluding diaryl/α,β-unsaturated/α-hetero) is 1. The van der Waals surface area contributed by atoms with Gasteiger partial charge in [0, 0.05) is 11.0 Å². The smallest absolute Gasteiger partial charge is 0.169 e. The molecule has 3 nitrogen and oxygen atoms in total. The fraction of sp³-hybridized carbons (Fsp3) is 0.556. The lowest BCUT2D eigenvalue weighted by Crippen LogP contribution is -2.43. The van der Waals surface area contributed by atoms with Crippen LogP contribution < -0.4 is 5.11 Å². The van der Waals surface area contributed by atoms with E-state index < -0.39 is 5.97 Å². The van der Waals surface area contributed by atoms with Crippen molar-refractivity contribution in [1.82, 2.24) is 0 Å². The molecule has 0 N–H and O–H groups in total. The Morgan fingerprint density at radius 3 is 1.95 bits per heavy atom. The van der Waals surface area contributed by atoms with Gasteiger partial charge < -0.3 is 9.90 Å². The topological polar surface area (TPSA) is 57.2 Å². The fourth-order valence-electron chi connectivity index (χ4n) is 4.35. The van der Waals surface area contributed by atoms with Crippen molar-refractivity contribution in [1.29, 1.82) is 0 Å². The largest absolute Gasteiger partial charge is 0.545 e. The number of carboxylic acids is 1. The minimum Gasteiger partial charge on any atom is -0.545 e. The molecule has 0 heterocycles. The summed E-state index contributed by atoms with van der Waals surface area (Å²) in [4.78, 5) is 23.9. The van der Waals surface area contributed by atoms with Crippen LogP contribution in [0.2, 0.25) is 0 Å². The first-order valence-corrected chi connectivity index (χ1v) is 8.00. The van der Waals surface area contributed by atoms with Crippen molar-refractivity contribution in [3.63, 3.8) is 0 Å². The van der Waals surface area contributed by atoms with E-state index in [-0.39, 0.29) is 16.8 Å². The number of benzene rings is 1. The van der Waals surface area contributed by atoms with Gasteiger partial charge in [0.2, 0.25) is 0 Å². The van der Waals surface area contributed by atoms with Crippen molar-refractivity contribution in [2.75, 3.05) is 0 Å². The Bertz CT molecular complexity index is 532. The van der Waals surface area contributed by atoms with E-state index in [2.05, 4.69) is 0 Å². The Hall–Kier alpha value is -1.64. The average molecular weight is 285 g/mol. The van der Waals surface area contributed by atoms with Crippen LogP contribution in [0.5, 0.6) is 0 Å². The summed E-state index contributed by atoms with van der Waals surface area (Å²) in [5.41, 5.74) is 0.612. The monoisotopic (exact) mass is 285 g/mol. The molecule has 0 amide bonds. The highest BCUT2D eigenvalue weighted by molar-refractivity contribution is 6.01. The van der Waals surface area contributed by atoms with Gasteiger partial charge in [-0.1, -0.05) is 49.9 Å². The van der Waals surface area contributed by atoms with E-state index >= 15 is 0 Å². The lowest BCUT2D eigenvalue weighted by Gasteiger charge is -2.46. The zero-order valence-corrected chi connectivity index (χ0v) is 12.3. The third-order valence-corrected chi connectivity index (χ3v) is 5.47. The normalized spacial score (nSPS) is 28.7. The molecule has 3 heteroatoms. The predicted octanol–water partition coefficient (Wildman–Crippen LogP) is 2.98. The molecular formula is C18H21O3-. The number of rotatable bonds is 3. The molecule has 2 aliphatic carbocycles. The van der Waals surface area contributed by atoms with Crippen LogP contribution >= 0.6 is 0 Å². The summed E-state index contributed by atoms with van der Waals surface area (Å²) in [5.74, 6) is -0.439. The van der Waals surface area contributed by atoms with E-state index in [1.165, 1.54) is 37.8 Å². The van der Waals surface area contributed by atoms with Gasteiger partial charge in [-0.2, -0.15) is 0 Å². The molecule has 0 saturated heterocycles. The lowest BCUT2D eigenvalue weighted by molar-refractivity contribution is -0.255. The number of carbonyl (C=O) groups excluding carboxylic acids is 2. The molecule has 2 fully saturated rings. The molecule has 112 valence electrons. The van der Waals surface area contributed by atoms with Crippen LogP contribution in [0, 0.1) is 11.3 Å². The lowest BCUT2D eigenvalue weighted by atomic mass is 9.56. The molecule has 3 rings (SSSR count). The summed E-state index contributed by atoms with van der Waals surface area (Å²) in [6, 6.07) is 6.28. The van der Waals surface area contributed by atoms with Crippen LogP contribution in [0.4, 0.5) is 0 Å². The van der Waals surface area contributed by atoms with E-state index in [1.54, 1.807) is 12.1 Å². The minimum atomic E-state index is -1.19. The maximum absolute atomic E-state index is 13.1. The van der Waals surface area contributed by atoms with Gasteiger partial charge in [0.1, 0.15) is 0 Å². The van der Waals surface area contributed by atoms with Gasteiger partial charge in [-0.3, -0.25) is 4.79 Å². The van der Waals surface area contributed by atoms with Crippen LogP contribution in [-0.2, 0) is 0 Å². The molecule has 2 aliphatic rings. The molecule has 0 unspecified atom stereocenters. The van der Waals surface area contributed by atoms with E-state index in [0.717, 1.165) is 25.7 Å². The molecule has 21 heavy (non-hydrogen) atoms. The highest BCUT2D eigenvalue weighted by atomic mass is 16.4. The highest BCUT2D eigenvalue weighted by Crippen LogP contribution is 2.52. The van der Waals surface area contributed by atoms with Gasteiger partial charge in [0.25, 0.3) is 0 Å². The Morgan fingerprint density at radius 1 is 0.905 bits per heavy atom. The third kappa shape index (κ3) is 2.50. The first-order valence-electron chi connectivity index (χ1n) is 8.00. The summed E-state index contributed by atoms with van der Waals surface area (Å²) >= 11 is 0. The number of ketones is 1. The molecule has 0 aliphatic heterocycles. The number of aromatic carboxylic acids is 1. The maximum atomic E-state index is 13.1. The van der Waals surface area contributed by atoms with Crippen LogP contribution in [-0.4, -0.2) is 11.8 Å². The third-order valence-electron chi connectivity index (χ3n) is 5.47. The Morgan fingerprint density at radius 2 is 1.43 bits per heavy atom. The summed E-state index contributed by atoms with van der Waals surface area (Å²) in [6.45, 7) is 0. The standard InChI is InChI=1S/C18H22O3/c19-16(13-7-9-14(10-8-13)17(20)21)18-11-3-1-5-15(18)6-2-4-12-18/h7-10,15H,1-6,11-12H2,(H,20,21)/p-1. The number of hydrogen-bond acceptors (Lipinski definition) is 3. The zero-order valence-electron chi connectivity index (χ0n) is 12.3. The average Bonchev–Trinajstić information content (AvgIpc) is 2.54. The molecule has 1 aromatic rings.